The van der Waals surface area contributed by atoms with E-state index in [9.17, 15) is 24.9 Å². The fourth-order valence-electron chi connectivity index (χ4n) is 10.2. The lowest BCUT2D eigenvalue weighted by Crippen LogP contribution is -2.62. The van der Waals surface area contributed by atoms with Gasteiger partial charge in [0.05, 0.1) is 6.10 Å². The van der Waals surface area contributed by atoms with Crippen LogP contribution in [-0.4, -0.2) is 69.7 Å². The molecular weight excluding hydrogens is 528 g/mol. The van der Waals surface area contributed by atoms with Crippen molar-refractivity contribution in [2.24, 2.45) is 52.1 Å². The van der Waals surface area contributed by atoms with Crippen LogP contribution in [0.1, 0.15) is 84.1 Å². The Labute approximate surface area is 252 Å². The van der Waals surface area contributed by atoms with Gasteiger partial charge in [0.1, 0.15) is 18.0 Å². The normalized spacial score (nSPS) is 43.4. The van der Waals surface area contributed by atoms with Crippen molar-refractivity contribution >= 4 is 11.6 Å². The molecule has 1 aliphatic heterocycles. The van der Waals surface area contributed by atoms with Crippen LogP contribution in [0.5, 0.6) is 0 Å². The summed E-state index contributed by atoms with van der Waals surface area (Å²) >= 11 is 0. The summed E-state index contributed by atoms with van der Waals surface area (Å²) in [7, 11) is 0. The van der Waals surface area contributed by atoms with Crippen molar-refractivity contribution in [2.75, 3.05) is 26.2 Å². The molecule has 5 fully saturated rings. The molecule has 4 saturated carbocycles. The molecule has 10 atom stereocenters. The topological polar surface area (TPSA) is 124 Å². The van der Waals surface area contributed by atoms with Crippen LogP contribution in [0.4, 0.5) is 0 Å². The molecule has 0 aromatic heterocycles. The molecule has 0 bridgehead atoms. The molecule has 0 amide bonds. The van der Waals surface area contributed by atoms with E-state index in [4.69, 9.17) is 5.73 Å². The van der Waals surface area contributed by atoms with Crippen LogP contribution in [-0.2, 0) is 16.1 Å². The standard InChI is InChI=1S/C21H32O5.C14H22N2/c1-19-7-5-13(23)9-12(19)3-4-14-15-6-8-21(26,17(25)11-22)20(15,2)10-16(24)18(14)19;1-12-7-8-16(11-14(12)9-15)10-13-5-3-2-4-6-13/h12-15,18,22-23,26H,3-11H2,1-2H3;2-6,12,14H,7-11,15H2,1H3/t12-,13-,14+,15+,18-,19+,20+,21+;/m1./s1. The molecular formula is C35H54N2O5. The highest BCUT2D eigenvalue weighted by Gasteiger charge is 2.68. The molecule has 0 spiro atoms. The number of hydrogen-bond donors (Lipinski definition) is 4. The number of carbonyl (C=O) groups is 2. The molecule has 4 aliphatic carbocycles. The fraction of sp³-hybridized carbons (Fsp3) is 0.771. The third-order valence-electron chi connectivity index (χ3n) is 12.8. The quantitative estimate of drug-likeness (QED) is 0.414. The summed E-state index contributed by atoms with van der Waals surface area (Å²) in [6, 6.07) is 10.7. The second-order valence-corrected chi connectivity index (χ2v) is 15.0. The Kier molecular flexibility index (Phi) is 9.38. The first kappa shape index (κ1) is 31.8. The maximum atomic E-state index is 13.4. The lowest BCUT2D eigenvalue weighted by atomic mass is 9.44. The van der Waals surface area contributed by atoms with Gasteiger partial charge in [0.15, 0.2) is 5.78 Å². The van der Waals surface area contributed by atoms with E-state index < -0.39 is 23.4 Å². The van der Waals surface area contributed by atoms with E-state index in [1.165, 1.54) is 18.5 Å². The largest absolute Gasteiger partial charge is 0.393 e. The molecule has 7 nitrogen and oxygen atoms in total. The van der Waals surface area contributed by atoms with Gasteiger partial charge in [-0.1, -0.05) is 51.1 Å². The molecule has 7 heteroatoms. The maximum Gasteiger partial charge on any atom is 0.190 e. The van der Waals surface area contributed by atoms with Crippen molar-refractivity contribution in [2.45, 2.75) is 96.8 Å². The summed E-state index contributed by atoms with van der Waals surface area (Å²) in [6.07, 6.45) is 6.76. The third kappa shape index (κ3) is 5.53. The first-order chi connectivity index (χ1) is 20.0. The van der Waals surface area contributed by atoms with Gasteiger partial charge < -0.3 is 21.1 Å². The zero-order chi connectivity index (χ0) is 30.3. The number of piperidine rings is 1. The SMILES string of the molecule is CC1CCN(Cc2ccccc2)CC1CN.C[C@]12CC[C@@H](O)C[C@H]1CC[C@@H]1[C@@H]2C(=O)C[C@@]2(C)[C@H]1CC[C@]2(O)C(=O)CO. The molecule has 42 heavy (non-hydrogen) atoms. The Morgan fingerprint density at radius 2 is 1.81 bits per heavy atom. The predicted molar refractivity (Wildman–Crippen MR) is 163 cm³/mol. The minimum absolute atomic E-state index is 0.0154. The summed E-state index contributed by atoms with van der Waals surface area (Å²) in [4.78, 5) is 28.3. The van der Waals surface area contributed by atoms with Gasteiger partial charge in [-0.15, -0.1) is 0 Å². The smallest absolute Gasteiger partial charge is 0.190 e. The number of aliphatic hydroxyl groups excluding tert-OH is 2. The highest BCUT2D eigenvalue weighted by Crippen LogP contribution is 2.67. The Balaban J connectivity index is 0.000000189. The van der Waals surface area contributed by atoms with Crippen molar-refractivity contribution in [3.8, 4) is 0 Å². The van der Waals surface area contributed by atoms with Crippen molar-refractivity contribution in [3.05, 3.63) is 35.9 Å². The van der Waals surface area contributed by atoms with Crippen LogP contribution in [0.25, 0.3) is 0 Å². The highest BCUT2D eigenvalue weighted by molar-refractivity contribution is 5.92. The minimum atomic E-state index is -1.58. The number of ketones is 2. The van der Waals surface area contributed by atoms with Crippen molar-refractivity contribution < 1.29 is 24.9 Å². The second kappa shape index (κ2) is 12.4. The van der Waals surface area contributed by atoms with Gasteiger partial charge in [-0.05, 0) is 105 Å². The molecule has 1 aromatic rings. The molecule has 234 valence electrons. The summed E-state index contributed by atoms with van der Waals surface area (Å²) in [5, 5.41) is 30.6. The van der Waals surface area contributed by atoms with E-state index in [-0.39, 0.29) is 41.5 Å². The summed E-state index contributed by atoms with van der Waals surface area (Å²) < 4.78 is 0. The lowest BCUT2D eigenvalue weighted by Gasteiger charge is -2.60. The molecule has 5 N–H and O–H groups in total. The molecule has 1 aromatic carbocycles. The van der Waals surface area contributed by atoms with Gasteiger partial charge in [0.2, 0.25) is 0 Å². The van der Waals surface area contributed by atoms with Gasteiger partial charge in [0, 0.05) is 30.8 Å². The molecule has 6 rings (SSSR count). The van der Waals surface area contributed by atoms with E-state index in [1.54, 1.807) is 0 Å². The number of aliphatic hydroxyl groups is 3. The number of rotatable bonds is 5. The number of hydrogen-bond acceptors (Lipinski definition) is 7. The van der Waals surface area contributed by atoms with E-state index in [0.717, 1.165) is 64.1 Å². The van der Waals surface area contributed by atoms with Gasteiger partial charge in [-0.2, -0.15) is 0 Å². The van der Waals surface area contributed by atoms with Crippen LogP contribution in [0, 0.1) is 46.3 Å². The van der Waals surface area contributed by atoms with Crippen molar-refractivity contribution in [1.82, 2.24) is 4.90 Å². The van der Waals surface area contributed by atoms with Crippen LogP contribution in [0.2, 0.25) is 0 Å². The lowest BCUT2D eigenvalue weighted by molar-refractivity contribution is -0.180. The summed E-state index contributed by atoms with van der Waals surface area (Å²) in [5.74, 6) is 1.85. The van der Waals surface area contributed by atoms with E-state index in [1.807, 2.05) is 6.92 Å². The number of Topliss-reactive ketones (excluding diaryl/α,β-unsaturated/α-hetero) is 2. The number of nitrogens with zero attached hydrogens (tertiary/aromatic N) is 1. The molecule has 2 unspecified atom stereocenters. The van der Waals surface area contributed by atoms with Crippen LogP contribution < -0.4 is 5.73 Å². The van der Waals surface area contributed by atoms with Gasteiger partial charge in [-0.3, -0.25) is 14.5 Å². The number of likely N-dealkylation sites (tertiary alicyclic amines) is 1. The minimum Gasteiger partial charge on any atom is -0.393 e. The monoisotopic (exact) mass is 582 g/mol. The zero-order valence-corrected chi connectivity index (χ0v) is 26.0. The van der Waals surface area contributed by atoms with Gasteiger partial charge >= 0.3 is 0 Å². The maximum absolute atomic E-state index is 13.4. The van der Waals surface area contributed by atoms with Gasteiger partial charge in [0.25, 0.3) is 0 Å². The van der Waals surface area contributed by atoms with E-state index >= 15 is 0 Å². The van der Waals surface area contributed by atoms with E-state index in [0.29, 0.717) is 18.3 Å². The Morgan fingerprint density at radius 3 is 2.50 bits per heavy atom. The third-order valence-corrected chi connectivity index (χ3v) is 12.8. The van der Waals surface area contributed by atoms with Crippen LogP contribution >= 0.6 is 0 Å². The molecule has 1 saturated heterocycles. The van der Waals surface area contributed by atoms with Crippen molar-refractivity contribution in [1.29, 1.82) is 0 Å². The first-order valence-corrected chi connectivity index (χ1v) is 16.5. The van der Waals surface area contributed by atoms with Crippen LogP contribution in [0.15, 0.2) is 30.3 Å². The summed E-state index contributed by atoms with van der Waals surface area (Å²) in [6.45, 7) is 10.1. The first-order valence-electron chi connectivity index (χ1n) is 16.5. The molecule has 5 aliphatic rings. The number of nitrogens with two attached hydrogens (primary N) is 1. The predicted octanol–water partition coefficient (Wildman–Crippen LogP) is 3.96. The zero-order valence-electron chi connectivity index (χ0n) is 26.0. The Hall–Kier alpha value is -1.64. The Bertz CT molecular complexity index is 1110. The highest BCUT2D eigenvalue weighted by atomic mass is 16.3. The summed E-state index contributed by atoms with van der Waals surface area (Å²) in [5.41, 5.74) is 4.83. The second-order valence-electron chi connectivity index (χ2n) is 15.0. The average molecular weight is 583 g/mol. The Morgan fingerprint density at radius 1 is 1.07 bits per heavy atom. The fourth-order valence-corrected chi connectivity index (χ4v) is 10.2. The number of benzene rings is 1. The number of fused-ring (bicyclic) bond motifs is 5. The van der Waals surface area contributed by atoms with Crippen molar-refractivity contribution in [3.63, 3.8) is 0 Å². The van der Waals surface area contributed by atoms with Gasteiger partial charge in [-0.25, -0.2) is 0 Å². The molecule has 0 radical (unpaired) electrons. The molecule has 1 heterocycles. The van der Waals surface area contributed by atoms with Crippen LogP contribution in [0.3, 0.4) is 0 Å². The van der Waals surface area contributed by atoms with E-state index in [2.05, 4.69) is 49.1 Å². The number of carbonyl (C=O) groups excluding carboxylic acids is 2. The average Bonchev–Trinajstić information content (AvgIpc) is 3.25.